The van der Waals surface area contributed by atoms with Crippen molar-refractivity contribution in [3.8, 4) is 0 Å². The number of carbonyl (C=O) groups excluding carboxylic acids is 2. The number of nitrogens with zero attached hydrogens (tertiary/aromatic N) is 2. The molecule has 2 heterocycles. The van der Waals surface area contributed by atoms with Crippen molar-refractivity contribution < 1.29 is 9.59 Å². The molecule has 0 atom stereocenters. The van der Waals surface area contributed by atoms with Crippen molar-refractivity contribution in [2.24, 2.45) is 0 Å². The molecule has 0 radical (unpaired) electrons. The molecule has 0 fully saturated rings. The van der Waals surface area contributed by atoms with Gasteiger partial charge in [0.05, 0.1) is 23.5 Å². The highest BCUT2D eigenvalue weighted by Crippen LogP contribution is 2.33. The summed E-state index contributed by atoms with van der Waals surface area (Å²) < 4.78 is 0. The molecule has 2 aromatic rings. The molecular weight excluding hydrogens is 252 g/mol. The number of rotatable bonds is 2. The molecular formula is C16H14N2O2. The Bertz CT molecular complexity index is 722. The molecule has 0 bridgehead atoms. The Labute approximate surface area is 117 Å². The van der Waals surface area contributed by atoms with Gasteiger partial charge in [-0.25, -0.2) is 0 Å². The summed E-state index contributed by atoms with van der Waals surface area (Å²) in [4.78, 5) is 30.1. The number of para-hydroxylation sites is 1. The Morgan fingerprint density at radius 3 is 2.55 bits per heavy atom. The Kier molecular flexibility index (Phi) is 2.86. The zero-order valence-electron chi connectivity index (χ0n) is 11.4. The van der Waals surface area contributed by atoms with Crippen LogP contribution in [0.15, 0.2) is 36.4 Å². The average Bonchev–Trinajstić information content (AvgIpc) is 2.66. The molecule has 4 heteroatoms. The molecule has 0 unspecified atom stereocenters. The highest BCUT2D eigenvalue weighted by atomic mass is 16.2. The Balaban J connectivity index is 2.03. The number of benzene rings is 1. The molecule has 0 aliphatic carbocycles. The Hall–Kier alpha value is -2.49. The largest absolute Gasteiger partial charge is 0.299 e. The van der Waals surface area contributed by atoms with Gasteiger partial charge in [0, 0.05) is 5.69 Å². The van der Waals surface area contributed by atoms with Gasteiger partial charge in [-0.3, -0.25) is 19.5 Å². The number of carbonyl (C=O) groups is 2. The number of hydrogen-bond donors (Lipinski definition) is 0. The summed E-state index contributed by atoms with van der Waals surface area (Å²) in [5.41, 5.74) is 3.80. The van der Waals surface area contributed by atoms with Gasteiger partial charge in [0.25, 0.3) is 11.7 Å². The van der Waals surface area contributed by atoms with Crippen LogP contribution in [0.25, 0.3) is 0 Å². The zero-order chi connectivity index (χ0) is 14.3. The summed E-state index contributed by atoms with van der Waals surface area (Å²) in [7, 11) is 0. The number of aromatic nitrogens is 1. The first kappa shape index (κ1) is 12.5. The van der Waals surface area contributed by atoms with E-state index in [0.717, 1.165) is 17.0 Å². The van der Waals surface area contributed by atoms with E-state index in [0.29, 0.717) is 17.8 Å². The number of Topliss-reactive ketones (excluding diaryl/α,β-unsaturated/α-hetero) is 1. The topological polar surface area (TPSA) is 50.3 Å². The maximum atomic E-state index is 12.2. The smallest absolute Gasteiger partial charge is 0.298 e. The molecule has 1 aromatic carbocycles. The molecule has 20 heavy (non-hydrogen) atoms. The summed E-state index contributed by atoms with van der Waals surface area (Å²) in [6, 6.07) is 11.1. The zero-order valence-corrected chi connectivity index (χ0v) is 11.4. The highest BCUT2D eigenvalue weighted by Gasteiger charge is 2.36. The van der Waals surface area contributed by atoms with E-state index in [1.807, 2.05) is 38.1 Å². The third kappa shape index (κ3) is 1.90. The minimum Gasteiger partial charge on any atom is -0.298 e. The molecule has 1 aliphatic rings. The first-order valence-corrected chi connectivity index (χ1v) is 6.46. The third-order valence-electron chi connectivity index (χ3n) is 3.46. The lowest BCUT2D eigenvalue weighted by atomic mass is 10.1. The van der Waals surface area contributed by atoms with Crippen molar-refractivity contribution in [3.63, 3.8) is 0 Å². The van der Waals surface area contributed by atoms with Crippen LogP contribution in [0.5, 0.6) is 0 Å². The lowest BCUT2D eigenvalue weighted by Crippen LogP contribution is -2.29. The molecule has 0 saturated heterocycles. The van der Waals surface area contributed by atoms with E-state index in [1.54, 1.807) is 12.1 Å². The predicted octanol–water partition coefficient (Wildman–Crippen LogP) is 2.43. The van der Waals surface area contributed by atoms with Crippen LogP contribution >= 0.6 is 0 Å². The first-order valence-electron chi connectivity index (χ1n) is 6.46. The van der Waals surface area contributed by atoms with Crippen LogP contribution in [0.1, 0.15) is 27.3 Å². The van der Waals surface area contributed by atoms with Crippen molar-refractivity contribution in [3.05, 3.63) is 58.9 Å². The number of pyridine rings is 1. The molecule has 100 valence electrons. The van der Waals surface area contributed by atoms with Gasteiger partial charge in [0.15, 0.2) is 0 Å². The quantitative estimate of drug-likeness (QED) is 0.784. The summed E-state index contributed by atoms with van der Waals surface area (Å²) in [6.07, 6.45) is 0. The molecule has 4 nitrogen and oxygen atoms in total. The van der Waals surface area contributed by atoms with Gasteiger partial charge in [0.2, 0.25) is 0 Å². The molecule has 1 amide bonds. The maximum absolute atomic E-state index is 12.2. The van der Waals surface area contributed by atoms with Gasteiger partial charge >= 0.3 is 0 Å². The molecule has 0 spiro atoms. The first-order chi connectivity index (χ1) is 9.58. The Morgan fingerprint density at radius 1 is 1.05 bits per heavy atom. The van der Waals surface area contributed by atoms with Crippen LogP contribution in [0.3, 0.4) is 0 Å². The van der Waals surface area contributed by atoms with E-state index in [2.05, 4.69) is 4.98 Å². The summed E-state index contributed by atoms with van der Waals surface area (Å²) in [6.45, 7) is 4.13. The van der Waals surface area contributed by atoms with E-state index in [-0.39, 0.29) is 0 Å². The van der Waals surface area contributed by atoms with E-state index in [9.17, 15) is 9.59 Å². The van der Waals surface area contributed by atoms with Crippen LogP contribution < -0.4 is 4.90 Å². The van der Waals surface area contributed by atoms with Gasteiger partial charge < -0.3 is 0 Å². The number of hydrogen-bond acceptors (Lipinski definition) is 3. The van der Waals surface area contributed by atoms with Gasteiger partial charge in [0.1, 0.15) is 0 Å². The highest BCUT2D eigenvalue weighted by molar-refractivity contribution is 6.52. The van der Waals surface area contributed by atoms with Gasteiger partial charge in [-0.05, 0) is 37.6 Å². The van der Waals surface area contributed by atoms with E-state index in [1.165, 1.54) is 4.90 Å². The number of ketones is 1. The van der Waals surface area contributed by atoms with E-state index >= 15 is 0 Å². The Morgan fingerprint density at radius 2 is 1.80 bits per heavy atom. The second-order valence-electron chi connectivity index (χ2n) is 4.96. The average molecular weight is 266 g/mol. The minimum atomic E-state index is -0.474. The van der Waals surface area contributed by atoms with Crippen molar-refractivity contribution in [2.75, 3.05) is 4.90 Å². The van der Waals surface area contributed by atoms with Crippen LogP contribution in [0, 0.1) is 13.8 Å². The SMILES string of the molecule is Cc1cccc(CN2C(=O)C(=O)c3cccc(C)c32)n1. The van der Waals surface area contributed by atoms with Crippen molar-refractivity contribution >= 4 is 17.4 Å². The second-order valence-corrected chi connectivity index (χ2v) is 4.96. The molecule has 0 N–H and O–H groups in total. The van der Waals surface area contributed by atoms with Crippen LogP contribution in [-0.2, 0) is 11.3 Å². The van der Waals surface area contributed by atoms with Crippen LogP contribution in [-0.4, -0.2) is 16.7 Å². The number of amides is 1. The third-order valence-corrected chi connectivity index (χ3v) is 3.46. The monoisotopic (exact) mass is 266 g/mol. The lowest BCUT2D eigenvalue weighted by molar-refractivity contribution is -0.114. The van der Waals surface area contributed by atoms with Gasteiger partial charge in [-0.15, -0.1) is 0 Å². The fraction of sp³-hybridized carbons (Fsp3) is 0.188. The summed E-state index contributed by atoms with van der Waals surface area (Å²) in [5, 5.41) is 0. The fourth-order valence-corrected chi connectivity index (χ4v) is 2.54. The second kappa shape index (κ2) is 4.56. The molecule has 0 saturated carbocycles. The van der Waals surface area contributed by atoms with Crippen molar-refractivity contribution in [2.45, 2.75) is 20.4 Å². The molecule has 1 aromatic heterocycles. The molecule has 1 aliphatic heterocycles. The van der Waals surface area contributed by atoms with Gasteiger partial charge in [-0.1, -0.05) is 18.2 Å². The predicted molar refractivity (Wildman–Crippen MR) is 75.7 cm³/mol. The van der Waals surface area contributed by atoms with Crippen molar-refractivity contribution in [1.29, 1.82) is 0 Å². The van der Waals surface area contributed by atoms with Gasteiger partial charge in [-0.2, -0.15) is 0 Å². The summed E-state index contributed by atoms with van der Waals surface area (Å²) in [5.74, 6) is -0.908. The summed E-state index contributed by atoms with van der Waals surface area (Å²) >= 11 is 0. The standard InChI is InChI=1S/C16H14N2O2/c1-10-5-3-8-13-14(10)18(16(20)15(13)19)9-12-7-4-6-11(2)17-12/h3-8H,9H2,1-2H3. The maximum Gasteiger partial charge on any atom is 0.299 e. The fourth-order valence-electron chi connectivity index (χ4n) is 2.54. The lowest BCUT2D eigenvalue weighted by Gasteiger charge is -2.18. The molecule has 3 rings (SSSR count). The van der Waals surface area contributed by atoms with Crippen LogP contribution in [0.2, 0.25) is 0 Å². The number of fused-ring (bicyclic) bond motifs is 1. The minimum absolute atomic E-state index is 0.324. The number of anilines is 1. The van der Waals surface area contributed by atoms with Crippen molar-refractivity contribution in [1.82, 2.24) is 4.98 Å². The van der Waals surface area contributed by atoms with E-state index < -0.39 is 11.7 Å². The van der Waals surface area contributed by atoms with Crippen LogP contribution in [0.4, 0.5) is 5.69 Å². The van der Waals surface area contributed by atoms with E-state index in [4.69, 9.17) is 0 Å². The normalized spacial score (nSPS) is 13.8. The number of aryl methyl sites for hydroxylation is 2.